The van der Waals surface area contributed by atoms with Crippen molar-refractivity contribution in [1.82, 2.24) is 14.9 Å². The third-order valence-corrected chi connectivity index (χ3v) is 4.89. The number of aryl methyl sites for hydroxylation is 2. The highest BCUT2D eigenvalue weighted by Gasteiger charge is 2.10. The Labute approximate surface area is 167 Å². The van der Waals surface area contributed by atoms with Crippen LogP contribution in [0.3, 0.4) is 0 Å². The van der Waals surface area contributed by atoms with Crippen molar-refractivity contribution in [3.8, 4) is 0 Å². The Morgan fingerprint density at radius 1 is 1.07 bits per heavy atom. The van der Waals surface area contributed by atoms with Crippen molar-refractivity contribution in [1.29, 1.82) is 0 Å². The molecule has 0 bridgehead atoms. The second-order valence-corrected chi connectivity index (χ2v) is 7.19. The van der Waals surface area contributed by atoms with Crippen LogP contribution in [-0.4, -0.2) is 22.0 Å². The van der Waals surface area contributed by atoms with Crippen LogP contribution in [0.1, 0.15) is 43.1 Å². The molecule has 4 heteroatoms. The molecule has 146 valence electrons. The summed E-state index contributed by atoms with van der Waals surface area (Å²) in [6, 6.07) is 17.1. The normalized spacial score (nSPS) is 11.4. The number of unbranched alkanes of at least 4 members (excludes halogenated alkanes) is 2. The number of allylic oxidation sites excluding steroid dienone is 1. The zero-order chi connectivity index (χ0) is 19.8. The van der Waals surface area contributed by atoms with Gasteiger partial charge in [0.25, 0.3) is 0 Å². The van der Waals surface area contributed by atoms with Crippen molar-refractivity contribution in [2.45, 2.75) is 46.1 Å². The number of rotatable bonds is 9. The summed E-state index contributed by atoms with van der Waals surface area (Å²) in [6.07, 6.45) is 7.40. The molecule has 0 aliphatic heterocycles. The average molecular weight is 376 g/mol. The summed E-state index contributed by atoms with van der Waals surface area (Å²) in [6.45, 7) is 5.53. The fourth-order valence-corrected chi connectivity index (χ4v) is 3.38. The number of carbonyl (C=O) groups is 1. The van der Waals surface area contributed by atoms with E-state index in [1.807, 2.05) is 13.0 Å². The van der Waals surface area contributed by atoms with Crippen LogP contribution in [0.25, 0.3) is 11.0 Å². The highest BCUT2D eigenvalue weighted by Crippen LogP contribution is 2.20. The first kappa shape index (κ1) is 19.9. The second-order valence-electron chi connectivity index (χ2n) is 7.19. The van der Waals surface area contributed by atoms with Crippen molar-refractivity contribution >= 4 is 16.9 Å². The van der Waals surface area contributed by atoms with E-state index in [2.05, 4.69) is 59.3 Å². The Morgan fingerprint density at radius 3 is 2.64 bits per heavy atom. The molecule has 3 rings (SSSR count). The molecule has 0 saturated heterocycles. The predicted octanol–water partition coefficient (Wildman–Crippen LogP) is 4.80. The molecule has 0 unspecified atom stereocenters. The van der Waals surface area contributed by atoms with Crippen molar-refractivity contribution < 1.29 is 4.79 Å². The maximum absolute atomic E-state index is 11.4. The maximum atomic E-state index is 11.4. The SMILES string of the molecule is C/C=C/C(=O)NCCCCCc1nc2ccccc2n1Cc1ccc(C)cc1. The Balaban J connectivity index is 1.62. The number of carbonyl (C=O) groups excluding carboxylic acids is 1. The van der Waals surface area contributed by atoms with E-state index in [0.29, 0.717) is 0 Å². The van der Waals surface area contributed by atoms with E-state index >= 15 is 0 Å². The van der Waals surface area contributed by atoms with Gasteiger partial charge in [0.1, 0.15) is 5.82 Å². The van der Waals surface area contributed by atoms with Crippen LogP contribution in [0.4, 0.5) is 0 Å². The summed E-state index contributed by atoms with van der Waals surface area (Å²) in [5.74, 6) is 1.13. The smallest absolute Gasteiger partial charge is 0.243 e. The molecule has 1 amide bonds. The zero-order valence-corrected chi connectivity index (χ0v) is 16.8. The van der Waals surface area contributed by atoms with Gasteiger partial charge in [-0.15, -0.1) is 0 Å². The highest BCUT2D eigenvalue weighted by atomic mass is 16.1. The fourth-order valence-electron chi connectivity index (χ4n) is 3.38. The fraction of sp³-hybridized carbons (Fsp3) is 0.333. The van der Waals surface area contributed by atoms with Gasteiger partial charge in [-0.25, -0.2) is 4.98 Å². The molecule has 1 heterocycles. The average Bonchev–Trinajstić information content (AvgIpc) is 3.04. The van der Waals surface area contributed by atoms with Crippen molar-refractivity contribution in [3.63, 3.8) is 0 Å². The van der Waals surface area contributed by atoms with E-state index in [0.717, 1.165) is 50.1 Å². The van der Waals surface area contributed by atoms with Crippen LogP contribution in [0.2, 0.25) is 0 Å². The van der Waals surface area contributed by atoms with Crippen LogP contribution in [0.15, 0.2) is 60.7 Å². The number of amides is 1. The molecular weight excluding hydrogens is 346 g/mol. The zero-order valence-electron chi connectivity index (χ0n) is 16.8. The van der Waals surface area contributed by atoms with Gasteiger partial charge in [0.15, 0.2) is 0 Å². The molecule has 0 radical (unpaired) electrons. The van der Waals surface area contributed by atoms with Crippen LogP contribution in [0.5, 0.6) is 0 Å². The molecule has 1 aromatic heterocycles. The Bertz CT molecular complexity index is 938. The monoisotopic (exact) mass is 375 g/mol. The number of aromatic nitrogens is 2. The maximum Gasteiger partial charge on any atom is 0.243 e. The van der Waals surface area contributed by atoms with Crippen LogP contribution >= 0.6 is 0 Å². The molecule has 0 fully saturated rings. The summed E-state index contributed by atoms with van der Waals surface area (Å²) in [7, 11) is 0. The number of imidazole rings is 1. The lowest BCUT2D eigenvalue weighted by Crippen LogP contribution is -2.21. The molecule has 3 aromatic rings. The summed E-state index contributed by atoms with van der Waals surface area (Å²) in [5, 5.41) is 2.91. The number of hydrogen-bond acceptors (Lipinski definition) is 2. The summed E-state index contributed by atoms with van der Waals surface area (Å²) < 4.78 is 2.34. The Hall–Kier alpha value is -2.88. The molecule has 4 nitrogen and oxygen atoms in total. The largest absolute Gasteiger partial charge is 0.353 e. The molecule has 1 N–H and O–H groups in total. The number of nitrogens with one attached hydrogen (secondary N) is 1. The second kappa shape index (κ2) is 9.88. The van der Waals surface area contributed by atoms with Gasteiger partial charge < -0.3 is 9.88 Å². The van der Waals surface area contributed by atoms with E-state index in [-0.39, 0.29) is 5.91 Å². The van der Waals surface area contributed by atoms with E-state index in [1.165, 1.54) is 16.6 Å². The molecule has 0 saturated carbocycles. The van der Waals surface area contributed by atoms with Gasteiger partial charge in [0, 0.05) is 19.5 Å². The standard InChI is InChI=1S/C24H29N3O/c1-3-9-24(28)25-17-8-4-5-12-23-26-21-10-6-7-11-22(21)27(23)18-20-15-13-19(2)14-16-20/h3,6-7,9-11,13-16H,4-5,8,12,17-18H2,1-2H3,(H,25,28)/b9-3+. The summed E-state index contributed by atoms with van der Waals surface area (Å²) in [4.78, 5) is 16.3. The molecular formula is C24H29N3O. The molecule has 0 aliphatic carbocycles. The number of hydrogen-bond donors (Lipinski definition) is 1. The van der Waals surface area contributed by atoms with Crippen molar-refractivity contribution in [3.05, 3.63) is 77.6 Å². The van der Waals surface area contributed by atoms with E-state index in [9.17, 15) is 4.79 Å². The number of nitrogens with zero attached hydrogens (tertiary/aromatic N) is 2. The molecule has 0 spiro atoms. The van der Waals surface area contributed by atoms with Gasteiger partial charge in [0.2, 0.25) is 5.91 Å². The number of fused-ring (bicyclic) bond motifs is 1. The van der Waals surface area contributed by atoms with E-state index in [1.54, 1.807) is 12.2 Å². The third kappa shape index (κ3) is 5.32. The molecule has 28 heavy (non-hydrogen) atoms. The van der Waals surface area contributed by atoms with Crippen molar-refractivity contribution in [2.75, 3.05) is 6.54 Å². The summed E-state index contributed by atoms with van der Waals surface area (Å²) in [5.41, 5.74) is 4.82. The van der Waals surface area contributed by atoms with Gasteiger partial charge in [0.05, 0.1) is 11.0 Å². The molecule has 2 aromatic carbocycles. The van der Waals surface area contributed by atoms with Crippen LogP contribution in [0, 0.1) is 6.92 Å². The minimum Gasteiger partial charge on any atom is -0.353 e. The van der Waals surface area contributed by atoms with Crippen LogP contribution in [-0.2, 0) is 17.8 Å². The Morgan fingerprint density at radius 2 is 1.86 bits per heavy atom. The lowest BCUT2D eigenvalue weighted by atomic mass is 10.1. The molecule has 0 aliphatic rings. The van der Waals surface area contributed by atoms with Crippen LogP contribution < -0.4 is 5.32 Å². The lowest BCUT2D eigenvalue weighted by Gasteiger charge is -2.10. The van der Waals surface area contributed by atoms with Crippen molar-refractivity contribution in [2.24, 2.45) is 0 Å². The quantitative estimate of drug-likeness (QED) is 0.431. The highest BCUT2D eigenvalue weighted by molar-refractivity contribution is 5.87. The van der Waals surface area contributed by atoms with E-state index in [4.69, 9.17) is 4.98 Å². The van der Waals surface area contributed by atoms with Gasteiger partial charge >= 0.3 is 0 Å². The number of para-hydroxylation sites is 2. The molecule has 0 atom stereocenters. The first-order valence-corrected chi connectivity index (χ1v) is 10.1. The lowest BCUT2D eigenvalue weighted by molar-refractivity contribution is -0.116. The first-order valence-electron chi connectivity index (χ1n) is 10.1. The summed E-state index contributed by atoms with van der Waals surface area (Å²) >= 11 is 0. The first-order chi connectivity index (χ1) is 13.7. The third-order valence-electron chi connectivity index (χ3n) is 4.89. The van der Waals surface area contributed by atoms with Gasteiger partial charge in [-0.1, -0.05) is 54.5 Å². The van der Waals surface area contributed by atoms with Gasteiger partial charge in [-0.05, 0) is 50.5 Å². The predicted molar refractivity (Wildman–Crippen MR) is 115 cm³/mol. The van der Waals surface area contributed by atoms with E-state index < -0.39 is 0 Å². The number of benzene rings is 2. The minimum absolute atomic E-state index is 0.0117. The van der Waals surface area contributed by atoms with Gasteiger partial charge in [-0.3, -0.25) is 4.79 Å². The Kier molecular flexibility index (Phi) is 7.01. The van der Waals surface area contributed by atoms with Gasteiger partial charge in [-0.2, -0.15) is 0 Å². The topological polar surface area (TPSA) is 46.9 Å². The minimum atomic E-state index is -0.0117.